The van der Waals surface area contributed by atoms with Gasteiger partial charge in [0.2, 0.25) is 5.89 Å². The van der Waals surface area contributed by atoms with Gasteiger partial charge >= 0.3 is 6.43 Å². The van der Waals surface area contributed by atoms with Gasteiger partial charge in [0.25, 0.3) is 17.7 Å². The summed E-state index contributed by atoms with van der Waals surface area (Å²) in [6.07, 6.45) is 1.91. The van der Waals surface area contributed by atoms with Crippen LogP contribution in [0.4, 0.5) is 8.78 Å². The Bertz CT molecular complexity index is 1250. The van der Waals surface area contributed by atoms with Gasteiger partial charge in [-0.3, -0.25) is 14.6 Å². The van der Waals surface area contributed by atoms with Crippen molar-refractivity contribution in [1.82, 2.24) is 25.4 Å². The molecule has 11 heteroatoms. The van der Waals surface area contributed by atoms with Gasteiger partial charge in [0.05, 0.1) is 29.4 Å². The third kappa shape index (κ3) is 4.25. The third-order valence-electron chi connectivity index (χ3n) is 6.19. The highest BCUT2D eigenvalue weighted by molar-refractivity contribution is 6.30. The fraction of sp³-hybridized carbons (Fsp3) is 0.348. The first-order chi connectivity index (χ1) is 16.4. The lowest BCUT2D eigenvalue weighted by Gasteiger charge is -2.38. The zero-order chi connectivity index (χ0) is 23.8. The number of hydrogen-bond donors (Lipinski definition) is 1. The second kappa shape index (κ2) is 9.09. The Morgan fingerprint density at radius 2 is 2.03 bits per heavy atom. The van der Waals surface area contributed by atoms with Crippen molar-refractivity contribution in [2.24, 2.45) is 0 Å². The minimum atomic E-state index is -2.88. The first-order valence-corrected chi connectivity index (χ1v) is 11.3. The van der Waals surface area contributed by atoms with E-state index in [1.807, 2.05) is 0 Å². The minimum Gasteiger partial charge on any atom is -0.415 e. The molecule has 0 spiro atoms. The number of benzene rings is 1. The van der Waals surface area contributed by atoms with Crippen LogP contribution in [0.15, 0.2) is 40.9 Å². The van der Waals surface area contributed by atoms with Gasteiger partial charge in [-0.1, -0.05) is 30.5 Å². The molecule has 1 fully saturated rings. The molecule has 8 nitrogen and oxygen atoms in total. The summed E-state index contributed by atoms with van der Waals surface area (Å²) in [5.74, 6) is -1.38. The van der Waals surface area contributed by atoms with Crippen LogP contribution in [0, 0.1) is 0 Å². The van der Waals surface area contributed by atoms with E-state index in [4.69, 9.17) is 16.0 Å². The number of pyridine rings is 1. The van der Waals surface area contributed by atoms with Crippen molar-refractivity contribution in [3.63, 3.8) is 0 Å². The summed E-state index contributed by atoms with van der Waals surface area (Å²) < 4.78 is 30.5. The van der Waals surface area contributed by atoms with Gasteiger partial charge in [0.1, 0.15) is 0 Å². The summed E-state index contributed by atoms with van der Waals surface area (Å²) >= 11 is 6.02. The molecule has 2 aliphatic rings. The van der Waals surface area contributed by atoms with E-state index in [0.717, 1.165) is 25.7 Å². The highest BCUT2D eigenvalue weighted by Gasteiger charge is 2.39. The molecule has 1 aliphatic carbocycles. The van der Waals surface area contributed by atoms with Crippen molar-refractivity contribution in [2.45, 2.75) is 50.7 Å². The molecule has 0 unspecified atom stereocenters. The topological polar surface area (TPSA) is 101 Å². The summed E-state index contributed by atoms with van der Waals surface area (Å²) in [5.41, 5.74) is 1.69. The highest BCUT2D eigenvalue weighted by Crippen LogP contribution is 2.33. The second-order valence-corrected chi connectivity index (χ2v) is 8.78. The molecular weight excluding hydrogens is 468 g/mol. The maximum Gasteiger partial charge on any atom is 0.314 e. The standard InChI is InChI=1S/C23H20ClF2N5O3/c24-14-5-3-4-12(8-14)20(32)28-16-6-1-2-7-18(16)31-11-17-15(23(31)33)9-13(10-27-17)21-29-30-22(34-21)19(25)26/h3-5,8-10,16,18-19H,1-2,6-7,11H2,(H,28,32)/t16-,18-/m1/s1. The molecule has 1 aromatic carbocycles. The van der Waals surface area contributed by atoms with E-state index in [-0.39, 0.29) is 29.8 Å². The largest absolute Gasteiger partial charge is 0.415 e. The van der Waals surface area contributed by atoms with Crippen molar-refractivity contribution >= 4 is 23.4 Å². The third-order valence-corrected chi connectivity index (χ3v) is 6.42. The number of rotatable bonds is 5. The molecule has 2 aromatic heterocycles. The molecule has 0 saturated heterocycles. The lowest BCUT2D eigenvalue weighted by Crippen LogP contribution is -2.53. The number of carbonyl (C=O) groups excluding carboxylic acids is 2. The van der Waals surface area contributed by atoms with Crippen LogP contribution in [0.1, 0.15) is 64.4 Å². The van der Waals surface area contributed by atoms with E-state index in [1.54, 1.807) is 29.2 Å². The SMILES string of the molecule is O=C(N[C@@H]1CCCC[C@H]1N1Cc2ncc(-c3nnc(C(F)F)o3)cc2C1=O)c1cccc(Cl)c1. The van der Waals surface area contributed by atoms with Crippen LogP contribution in [-0.4, -0.2) is 44.0 Å². The fourth-order valence-electron chi connectivity index (χ4n) is 4.55. The fourth-order valence-corrected chi connectivity index (χ4v) is 4.74. The summed E-state index contributed by atoms with van der Waals surface area (Å²) in [6.45, 7) is 0.300. The Kier molecular flexibility index (Phi) is 5.99. The number of nitrogens with one attached hydrogen (secondary N) is 1. The lowest BCUT2D eigenvalue weighted by molar-refractivity contribution is 0.0581. The average molecular weight is 488 g/mol. The lowest BCUT2D eigenvalue weighted by atomic mass is 9.89. The summed E-state index contributed by atoms with van der Waals surface area (Å²) in [7, 11) is 0. The van der Waals surface area contributed by atoms with Crippen LogP contribution in [0.5, 0.6) is 0 Å². The Morgan fingerprint density at radius 1 is 1.21 bits per heavy atom. The van der Waals surface area contributed by atoms with Crippen molar-refractivity contribution in [3.05, 3.63) is 64.3 Å². The smallest absolute Gasteiger partial charge is 0.314 e. The van der Waals surface area contributed by atoms with Gasteiger partial charge in [0, 0.05) is 22.8 Å². The van der Waals surface area contributed by atoms with Gasteiger partial charge in [0.15, 0.2) is 0 Å². The molecule has 1 saturated carbocycles. The quantitative estimate of drug-likeness (QED) is 0.571. The second-order valence-electron chi connectivity index (χ2n) is 8.34. The Balaban J connectivity index is 1.35. The summed E-state index contributed by atoms with van der Waals surface area (Å²) in [5, 5.41) is 10.5. The van der Waals surface area contributed by atoms with E-state index in [1.165, 1.54) is 12.3 Å². The first kappa shape index (κ1) is 22.4. The molecule has 2 amide bonds. The van der Waals surface area contributed by atoms with Gasteiger partial charge in [-0.05, 0) is 37.1 Å². The van der Waals surface area contributed by atoms with Crippen LogP contribution < -0.4 is 5.32 Å². The molecule has 3 aromatic rings. The number of fused-ring (bicyclic) bond motifs is 1. The number of amides is 2. The first-order valence-electron chi connectivity index (χ1n) is 10.9. The predicted octanol–water partition coefficient (Wildman–Crippen LogP) is 4.42. The molecule has 0 radical (unpaired) electrons. The number of aromatic nitrogens is 3. The summed E-state index contributed by atoms with van der Waals surface area (Å²) in [6, 6.07) is 7.83. The normalized spacial score (nSPS) is 20.0. The van der Waals surface area contributed by atoms with E-state index < -0.39 is 12.3 Å². The van der Waals surface area contributed by atoms with E-state index in [2.05, 4.69) is 20.5 Å². The van der Waals surface area contributed by atoms with Crippen molar-refractivity contribution < 1.29 is 22.8 Å². The highest BCUT2D eigenvalue weighted by atomic mass is 35.5. The Morgan fingerprint density at radius 3 is 2.79 bits per heavy atom. The molecule has 1 N–H and O–H groups in total. The molecule has 5 rings (SSSR count). The summed E-state index contributed by atoms with van der Waals surface area (Å²) in [4.78, 5) is 32.2. The van der Waals surface area contributed by atoms with Crippen molar-refractivity contribution in [2.75, 3.05) is 0 Å². The Hall–Kier alpha value is -3.40. The Labute approximate surface area is 198 Å². The number of carbonyl (C=O) groups is 2. The maximum absolute atomic E-state index is 13.3. The molecule has 34 heavy (non-hydrogen) atoms. The number of alkyl halides is 2. The minimum absolute atomic E-state index is 0.124. The van der Waals surface area contributed by atoms with E-state index in [0.29, 0.717) is 34.0 Å². The predicted molar refractivity (Wildman–Crippen MR) is 117 cm³/mol. The van der Waals surface area contributed by atoms with Crippen LogP contribution in [0.2, 0.25) is 5.02 Å². The van der Waals surface area contributed by atoms with E-state index in [9.17, 15) is 18.4 Å². The zero-order valence-electron chi connectivity index (χ0n) is 17.9. The number of hydrogen-bond acceptors (Lipinski definition) is 6. The molecular formula is C23H20ClF2N5O3. The molecule has 1 aliphatic heterocycles. The van der Waals surface area contributed by atoms with E-state index >= 15 is 0 Å². The van der Waals surface area contributed by atoms with Crippen LogP contribution in [0.25, 0.3) is 11.5 Å². The van der Waals surface area contributed by atoms with Crippen molar-refractivity contribution in [1.29, 1.82) is 0 Å². The number of nitrogens with zero attached hydrogens (tertiary/aromatic N) is 4. The molecule has 3 heterocycles. The number of halogens is 3. The van der Waals surface area contributed by atoms with Crippen molar-refractivity contribution in [3.8, 4) is 11.5 Å². The maximum atomic E-state index is 13.3. The molecule has 2 atom stereocenters. The molecule has 176 valence electrons. The van der Waals surface area contributed by atoms with Crippen LogP contribution in [0.3, 0.4) is 0 Å². The van der Waals surface area contributed by atoms with Gasteiger partial charge in [-0.15, -0.1) is 10.2 Å². The van der Waals surface area contributed by atoms with Crippen LogP contribution in [-0.2, 0) is 6.54 Å². The average Bonchev–Trinajstić information content (AvgIpc) is 3.45. The monoisotopic (exact) mass is 487 g/mol. The zero-order valence-corrected chi connectivity index (χ0v) is 18.6. The molecule has 0 bridgehead atoms. The van der Waals surface area contributed by atoms with Gasteiger partial charge in [-0.2, -0.15) is 8.78 Å². The van der Waals surface area contributed by atoms with Gasteiger partial charge < -0.3 is 14.6 Å². The van der Waals surface area contributed by atoms with Gasteiger partial charge in [-0.25, -0.2) is 0 Å². The van der Waals surface area contributed by atoms with Crippen LogP contribution >= 0.6 is 11.6 Å².